The first-order valence-electron chi connectivity index (χ1n) is 8.66. The van der Waals surface area contributed by atoms with Crippen molar-refractivity contribution in [3.8, 4) is 0 Å². The molecule has 1 aromatic rings. The van der Waals surface area contributed by atoms with E-state index in [9.17, 15) is 0 Å². The Morgan fingerprint density at radius 3 is 2.48 bits per heavy atom. The minimum Gasteiger partial charge on any atom is -0.308 e. The molecule has 0 saturated carbocycles. The predicted octanol–water partition coefficient (Wildman–Crippen LogP) is 4.75. The van der Waals surface area contributed by atoms with Gasteiger partial charge in [-0.15, -0.1) is 11.3 Å². The third kappa shape index (κ3) is 3.88. The molecule has 0 aliphatic carbocycles. The van der Waals surface area contributed by atoms with E-state index in [1.54, 1.807) is 0 Å². The number of nitrogens with one attached hydrogen (secondary N) is 1. The molecule has 2 nitrogen and oxygen atoms in total. The van der Waals surface area contributed by atoms with Crippen molar-refractivity contribution in [2.24, 2.45) is 0 Å². The summed E-state index contributed by atoms with van der Waals surface area (Å²) in [6.45, 7) is 12.9. The van der Waals surface area contributed by atoms with E-state index in [4.69, 9.17) is 0 Å². The van der Waals surface area contributed by atoms with Crippen molar-refractivity contribution in [2.75, 3.05) is 19.6 Å². The van der Waals surface area contributed by atoms with Crippen LogP contribution in [0.15, 0.2) is 12.1 Å². The predicted molar refractivity (Wildman–Crippen MR) is 94.2 cm³/mol. The Hall–Kier alpha value is -0.380. The summed E-state index contributed by atoms with van der Waals surface area (Å²) in [7, 11) is 0. The molecular formula is C18H32N2S. The highest BCUT2D eigenvalue weighted by atomic mass is 32.1. The van der Waals surface area contributed by atoms with Crippen molar-refractivity contribution in [2.45, 2.75) is 71.4 Å². The maximum Gasteiger partial charge on any atom is 0.0599 e. The lowest BCUT2D eigenvalue weighted by Gasteiger charge is -2.48. The molecule has 0 aromatic carbocycles. The second-order valence-electron chi connectivity index (χ2n) is 6.59. The Bertz CT molecular complexity index is 423. The Balaban J connectivity index is 2.26. The molecule has 1 aliphatic rings. The molecule has 3 heteroatoms. The molecule has 1 fully saturated rings. The van der Waals surface area contributed by atoms with Crippen LogP contribution in [0.2, 0.25) is 0 Å². The molecule has 2 heterocycles. The van der Waals surface area contributed by atoms with E-state index >= 15 is 0 Å². The van der Waals surface area contributed by atoms with E-state index in [1.807, 2.05) is 11.3 Å². The smallest absolute Gasteiger partial charge is 0.0599 e. The molecule has 1 aliphatic heterocycles. The van der Waals surface area contributed by atoms with Gasteiger partial charge in [0.1, 0.15) is 0 Å². The Morgan fingerprint density at radius 1 is 1.24 bits per heavy atom. The minimum atomic E-state index is 0.229. The van der Waals surface area contributed by atoms with E-state index in [1.165, 1.54) is 54.9 Å². The van der Waals surface area contributed by atoms with E-state index in [-0.39, 0.29) is 5.54 Å². The van der Waals surface area contributed by atoms with Crippen LogP contribution in [-0.4, -0.2) is 30.1 Å². The lowest BCUT2D eigenvalue weighted by Crippen LogP contribution is -2.55. The van der Waals surface area contributed by atoms with Crippen LogP contribution in [0.3, 0.4) is 0 Å². The Kier molecular flexibility index (Phi) is 6.27. The number of likely N-dealkylation sites (tertiary alicyclic amines) is 1. The molecule has 2 rings (SSSR count). The Labute approximate surface area is 134 Å². The van der Waals surface area contributed by atoms with Crippen molar-refractivity contribution >= 4 is 11.3 Å². The molecule has 21 heavy (non-hydrogen) atoms. The largest absolute Gasteiger partial charge is 0.308 e. The highest BCUT2D eigenvalue weighted by molar-refractivity contribution is 7.12. The lowest BCUT2D eigenvalue weighted by atomic mass is 9.84. The molecule has 0 spiro atoms. The SMILES string of the molecule is CCCNC(c1ccc(C)s1)C(C)(CC)N1CCCCC1. The summed E-state index contributed by atoms with van der Waals surface area (Å²) < 4.78 is 0. The summed E-state index contributed by atoms with van der Waals surface area (Å²) in [6, 6.07) is 5.07. The number of hydrogen-bond donors (Lipinski definition) is 1. The number of aryl methyl sites for hydroxylation is 1. The first kappa shape index (κ1) is 17.0. The maximum atomic E-state index is 3.86. The van der Waals surface area contributed by atoms with E-state index in [0.29, 0.717) is 6.04 Å². The molecule has 2 atom stereocenters. The fourth-order valence-electron chi connectivity index (χ4n) is 3.54. The molecule has 1 saturated heterocycles. The zero-order valence-corrected chi connectivity index (χ0v) is 15.1. The second-order valence-corrected chi connectivity index (χ2v) is 7.91. The summed E-state index contributed by atoms with van der Waals surface area (Å²) >= 11 is 1.96. The van der Waals surface area contributed by atoms with Crippen molar-refractivity contribution in [1.82, 2.24) is 10.2 Å². The summed E-state index contributed by atoms with van der Waals surface area (Å²) in [6.07, 6.45) is 6.52. The highest BCUT2D eigenvalue weighted by Crippen LogP contribution is 2.38. The van der Waals surface area contributed by atoms with Gasteiger partial charge in [0.15, 0.2) is 0 Å². The highest BCUT2D eigenvalue weighted by Gasteiger charge is 2.39. The molecule has 1 aromatic heterocycles. The van der Waals surface area contributed by atoms with Crippen LogP contribution in [0.5, 0.6) is 0 Å². The van der Waals surface area contributed by atoms with Crippen LogP contribution in [0.1, 0.15) is 68.7 Å². The average molecular weight is 309 g/mol. The van der Waals surface area contributed by atoms with Crippen LogP contribution in [0.4, 0.5) is 0 Å². The van der Waals surface area contributed by atoms with Gasteiger partial charge in [0.25, 0.3) is 0 Å². The maximum absolute atomic E-state index is 3.86. The van der Waals surface area contributed by atoms with Crippen molar-refractivity contribution in [3.63, 3.8) is 0 Å². The van der Waals surface area contributed by atoms with Crippen LogP contribution >= 0.6 is 11.3 Å². The van der Waals surface area contributed by atoms with E-state index < -0.39 is 0 Å². The standard InChI is InChI=1S/C18H32N2S/c1-5-12-19-17(16-11-10-15(3)21-16)18(4,6-2)20-13-8-7-9-14-20/h10-11,17,19H,5-9,12-14H2,1-4H3. The number of rotatable bonds is 7. The number of hydrogen-bond acceptors (Lipinski definition) is 3. The molecule has 0 radical (unpaired) electrons. The number of thiophene rings is 1. The van der Waals surface area contributed by atoms with Crippen molar-refractivity contribution in [1.29, 1.82) is 0 Å². The van der Waals surface area contributed by atoms with Gasteiger partial charge in [0, 0.05) is 15.3 Å². The number of nitrogens with zero attached hydrogens (tertiary/aromatic N) is 1. The van der Waals surface area contributed by atoms with Gasteiger partial charge in [-0.25, -0.2) is 0 Å². The van der Waals surface area contributed by atoms with Crippen molar-refractivity contribution < 1.29 is 0 Å². The molecule has 1 N–H and O–H groups in total. The second kappa shape index (κ2) is 7.75. The van der Waals surface area contributed by atoms with Gasteiger partial charge in [-0.1, -0.05) is 20.3 Å². The quantitative estimate of drug-likeness (QED) is 0.782. The topological polar surface area (TPSA) is 15.3 Å². The van der Waals surface area contributed by atoms with Gasteiger partial charge in [-0.2, -0.15) is 0 Å². The zero-order valence-electron chi connectivity index (χ0n) is 14.2. The summed E-state index contributed by atoms with van der Waals surface area (Å²) in [5, 5.41) is 3.86. The fraction of sp³-hybridized carbons (Fsp3) is 0.778. The summed E-state index contributed by atoms with van der Waals surface area (Å²) in [4.78, 5) is 5.68. The molecule has 120 valence electrons. The van der Waals surface area contributed by atoms with Crippen molar-refractivity contribution in [3.05, 3.63) is 21.9 Å². The van der Waals surface area contributed by atoms with Crippen LogP contribution in [0, 0.1) is 6.92 Å². The molecule has 0 amide bonds. The Morgan fingerprint density at radius 2 is 1.95 bits per heavy atom. The average Bonchev–Trinajstić information content (AvgIpc) is 2.94. The monoisotopic (exact) mass is 308 g/mol. The van der Waals surface area contributed by atoms with Crippen LogP contribution in [0.25, 0.3) is 0 Å². The first-order chi connectivity index (χ1) is 10.1. The van der Waals surface area contributed by atoms with Crippen LogP contribution < -0.4 is 5.32 Å². The third-order valence-electron chi connectivity index (χ3n) is 5.06. The first-order valence-corrected chi connectivity index (χ1v) is 9.48. The van der Waals surface area contributed by atoms with Gasteiger partial charge in [0.2, 0.25) is 0 Å². The fourth-order valence-corrected chi connectivity index (χ4v) is 4.64. The minimum absolute atomic E-state index is 0.229. The normalized spacial score (nSPS) is 21.1. The number of piperidine rings is 1. The van der Waals surface area contributed by atoms with Gasteiger partial charge >= 0.3 is 0 Å². The van der Waals surface area contributed by atoms with Gasteiger partial charge in [-0.05, 0) is 71.3 Å². The van der Waals surface area contributed by atoms with Gasteiger partial charge in [0.05, 0.1) is 6.04 Å². The van der Waals surface area contributed by atoms with Crippen LogP contribution in [-0.2, 0) is 0 Å². The zero-order chi connectivity index (χ0) is 15.3. The lowest BCUT2D eigenvalue weighted by molar-refractivity contribution is 0.0435. The van der Waals surface area contributed by atoms with Gasteiger partial charge < -0.3 is 5.32 Å². The third-order valence-corrected chi connectivity index (χ3v) is 6.13. The van der Waals surface area contributed by atoms with E-state index in [2.05, 4.69) is 50.0 Å². The molecule has 0 bridgehead atoms. The summed E-state index contributed by atoms with van der Waals surface area (Å²) in [5.74, 6) is 0. The van der Waals surface area contributed by atoms with E-state index in [0.717, 1.165) is 6.54 Å². The molecular weight excluding hydrogens is 276 g/mol. The van der Waals surface area contributed by atoms with Gasteiger partial charge in [-0.3, -0.25) is 4.90 Å². The molecule has 2 unspecified atom stereocenters. The summed E-state index contributed by atoms with van der Waals surface area (Å²) in [5.41, 5.74) is 0.229.